The summed E-state index contributed by atoms with van der Waals surface area (Å²) >= 11 is 0. The molecule has 2 atom stereocenters. The van der Waals surface area contributed by atoms with Crippen LogP contribution in [0, 0.1) is 5.92 Å². The Hall–Kier alpha value is -1.89. The maximum absolute atomic E-state index is 12.3. The molecule has 0 amide bonds. The molecular formula is C18H25ClN4O2. The van der Waals surface area contributed by atoms with Gasteiger partial charge < -0.3 is 10.3 Å². The van der Waals surface area contributed by atoms with Crippen LogP contribution in [0.5, 0.6) is 0 Å². The first-order valence-electron chi connectivity index (χ1n) is 8.24. The van der Waals surface area contributed by atoms with Gasteiger partial charge in [0.05, 0.1) is 0 Å². The molecule has 1 fully saturated rings. The Balaban J connectivity index is 0.00000225. The molecule has 0 bridgehead atoms. The number of hydrogen-bond donors (Lipinski definition) is 1. The Labute approximate surface area is 153 Å². The van der Waals surface area contributed by atoms with Crippen LogP contribution in [0.25, 0.3) is 0 Å². The molecule has 136 valence electrons. The van der Waals surface area contributed by atoms with E-state index in [0.717, 1.165) is 13.1 Å². The van der Waals surface area contributed by atoms with Crippen molar-refractivity contribution in [2.24, 2.45) is 25.7 Å². The monoisotopic (exact) mass is 364 g/mol. The summed E-state index contributed by atoms with van der Waals surface area (Å²) in [4.78, 5) is 26.4. The molecule has 1 aliphatic heterocycles. The van der Waals surface area contributed by atoms with Gasteiger partial charge in [0.2, 0.25) is 0 Å². The molecule has 6 nitrogen and oxygen atoms in total. The maximum atomic E-state index is 12.3. The van der Waals surface area contributed by atoms with Crippen molar-refractivity contribution in [3.8, 4) is 0 Å². The summed E-state index contributed by atoms with van der Waals surface area (Å²) < 4.78 is 2.63. The minimum Gasteiger partial charge on any atom is -0.330 e. The van der Waals surface area contributed by atoms with Crippen molar-refractivity contribution in [2.75, 3.05) is 19.6 Å². The first-order valence-corrected chi connectivity index (χ1v) is 8.24. The Bertz CT molecular complexity index is 831. The molecule has 0 spiro atoms. The second kappa shape index (κ2) is 7.99. The Morgan fingerprint density at radius 3 is 2.44 bits per heavy atom. The van der Waals surface area contributed by atoms with Gasteiger partial charge in [-0.15, -0.1) is 12.4 Å². The fraction of sp³-hybridized carbons (Fsp3) is 0.444. The normalized spacial score (nSPS) is 20.4. The van der Waals surface area contributed by atoms with Gasteiger partial charge in [0.15, 0.2) is 0 Å². The maximum Gasteiger partial charge on any atom is 0.330 e. The number of hydrogen-bond acceptors (Lipinski definition) is 4. The van der Waals surface area contributed by atoms with Crippen molar-refractivity contribution in [3.63, 3.8) is 0 Å². The Morgan fingerprint density at radius 2 is 1.80 bits per heavy atom. The van der Waals surface area contributed by atoms with Crippen LogP contribution in [0.3, 0.4) is 0 Å². The van der Waals surface area contributed by atoms with Gasteiger partial charge in [-0.05, 0) is 18.0 Å². The van der Waals surface area contributed by atoms with E-state index in [1.165, 1.54) is 21.7 Å². The molecule has 7 heteroatoms. The third-order valence-electron chi connectivity index (χ3n) is 4.96. The molecule has 25 heavy (non-hydrogen) atoms. The minimum absolute atomic E-state index is 0. The summed E-state index contributed by atoms with van der Waals surface area (Å²) in [6.45, 7) is 2.90. The fourth-order valence-corrected chi connectivity index (χ4v) is 3.64. The average molecular weight is 365 g/mol. The van der Waals surface area contributed by atoms with E-state index in [9.17, 15) is 9.59 Å². The molecule has 1 aromatic carbocycles. The molecule has 1 saturated heterocycles. The quantitative estimate of drug-likeness (QED) is 0.865. The SMILES string of the molecule is Cl.Cn1cc(CN2C[C@@H](CN)[C@H](c3ccccc3)C2)c(=O)n(C)c1=O. The highest BCUT2D eigenvalue weighted by atomic mass is 35.5. The van der Waals surface area contributed by atoms with E-state index < -0.39 is 0 Å². The molecule has 0 radical (unpaired) electrons. The van der Waals surface area contributed by atoms with E-state index >= 15 is 0 Å². The van der Waals surface area contributed by atoms with Crippen LogP contribution in [0.1, 0.15) is 17.0 Å². The lowest BCUT2D eigenvalue weighted by Crippen LogP contribution is -2.40. The van der Waals surface area contributed by atoms with E-state index in [1.807, 2.05) is 18.2 Å². The zero-order chi connectivity index (χ0) is 17.3. The summed E-state index contributed by atoms with van der Waals surface area (Å²) in [5, 5.41) is 0. The average Bonchev–Trinajstić information content (AvgIpc) is 3.01. The lowest BCUT2D eigenvalue weighted by atomic mass is 9.89. The van der Waals surface area contributed by atoms with Crippen molar-refractivity contribution in [3.05, 3.63) is 68.5 Å². The number of likely N-dealkylation sites (tertiary alicyclic amines) is 1. The molecule has 2 heterocycles. The van der Waals surface area contributed by atoms with Crippen molar-refractivity contribution in [1.82, 2.24) is 14.0 Å². The zero-order valence-electron chi connectivity index (χ0n) is 14.6. The topological polar surface area (TPSA) is 73.3 Å². The predicted octanol–water partition coefficient (Wildman–Crippen LogP) is 0.680. The molecule has 0 saturated carbocycles. The summed E-state index contributed by atoms with van der Waals surface area (Å²) in [5.41, 5.74) is 7.40. The van der Waals surface area contributed by atoms with Crippen LogP contribution in [0.2, 0.25) is 0 Å². The van der Waals surface area contributed by atoms with Gasteiger partial charge >= 0.3 is 5.69 Å². The number of nitrogens with zero attached hydrogens (tertiary/aromatic N) is 3. The molecular weight excluding hydrogens is 340 g/mol. The third-order valence-corrected chi connectivity index (χ3v) is 4.96. The number of aromatic nitrogens is 2. The molecule has 1 aromatic heterocycles. The molecule has 1 aliphatic rings. The fourth-order valence-electron chi connectivity index (χ4n) is 3.64. The van der Waals surface area contributed by atoms with Crippen molar-refractivity contribution < 1.29 is 0 Å². The second-order valence-corrected chi connectivity index (χ2v) is 6.62. The first-order chi connectivity index (χ1) is 11.5. The third kappa shape index (κ3) is 3.86. The summed E-state index contributed by atoms with van der Waals surface area (Å²) in [6, 6.07) is 10.4. The zero-order valence-corrected chi connectivity index (χ0v) is 15.4. The highest BCUT2D eigenvalue weighted by molar-refractivity contribution is 5.85. The summed E-state index contributed by atoms with van der Waals surface area (Å²) in [5.74, 6) is 0.761. The first kappa shape index (κ1) is 19.4. The highest BCUT2D eigenvalue weighted by Gasteiger charge is 2.33. The number of rotatable bonds is 4. The van der Waals surface area contributed by atoms with Gasteiger partial charge in [-0.2, -0.15) is 0 Å². The Morgan fingerprint density at radius 1 is 1.12 bits per heavy atom. The van der Waals surface area contributed by atoms with Crippen LogP contribution < -0.4 is 17.0 Å². The van der Waals surface area contributed by atoms with Crippen LogP contribution in [0.4, 0.5) is 0 Å². The van der Waals surface area contributed by atoms with Gasteiger partial charge in [0, 0.05) is 51.4 Å². The van der Waals surface area contributed by atoms with Crippen LogP contribution >= 0.6 is 12.4 Å². The lowest BCUT2D eigenvalue weighted by Gasteiger charge is -2.17. The molecule has 0 aliphatic carbocycles. The van der Waals surface area contributed by atoms with E-state index in [1.54, 1.807) is 13.2 Å². The highest BCUT2D eigenvalue weighted by Crippen LogP contribution is 2.32. The molecule has 3 rings (SSSR count). The largest absolute Gasteiger partial charge is 0.330 e. The summed E-state index contributed by atoms with van der Waals surface area (Å²) in [7, 11) is 3.19. The molecule has 2 N–H and O–H groups in total. The van der Waals surface area contributed by atoms with Gasteiger partial charge in [0.25, 0.3) is 5.56 Å². The minimum atomic E-state index is -0.299. The van der Waals surface area contributed by atoms with Crippen molar-refractivity contribution in [1.29, 1.82) is 0 Å². The van der Waals surface area contributed by atoms with Gasteiger partial charge in [-0.25, -0.2) is 4.79 Å². The van der Waals surface area contributed by atoms with Crippen molar-refractivity contribution in [2.45, 2.75) is 12.5 Å². The number of benzene rings is 1. The predicted molar refractivity (Wildman–Crippen MR) is 101 cm³/mol. The molecule has 2 aromatic rings. The Kier molecular flexibility index (Phi) is 6.21. The van der Waals surface area contributed by atoms with Crippen LogP contribution in [-0.4, -0.2) is 33.7 Å². The number of nitrogens with two attached hydrogens (primary N) is 1. The van der Waals surface area contributed by atoms with Crippen LogP contribution in [0.15, 0.2) is 46.1 Å². The smallest absolute Gasteiger partial charge is 0.330 e. The van der Waals surface area contributed by atoms with Crippen LogP contribution in [-0.2, 0) is 20.6 Å². The van der Waals surface area contributed by atoms with E-state index in [2.05, 4.69) is 17.0 Å². The van der Waals surface area contributed by atoms with Gasteiger partial charge in [0.1, 0.15) is 0 Å². The number of halogens is 1. The van der Waals surface area contributed by atoms with E-state index in [0.29, 0.717) is 30.5 Å². The van der Waals surface area contributed by atoms with Crippen molar-refractivity contribution >= 4 is 12.4 Å². The summed E-state index contributed by atoms with van der Waals surface area (Å²) in [6.07, 6.45) is 1.65. The van der Waals surface area contributed by atoms with E-state index in [4.69, 9.17) is 5.73 Å². The molecule has 0 unspecified atom stereocenters. The van der Waals surface area contributed by atoms with Gasteiger partial charge in [-0.1, -0.05) is 30.3 Å². The standard InChI is InChI=1S/C18H24N4O2.ClH/c1-20-9-15(17(23)21(2)18(20)24)11-22-10-14(8-19)16(12-22)13-6-4-3-5-7-13;/h3-7,9,14,16H,8,10-12,19H2,1-2H3;1H/t14-,16+;/m1./s1. The number of aryl methyl sites for hydroxylation is 1. The van der Waals surface area contributed by atoms with Gasteiger partial charge in [-0.3, -0.25) is 14.3 Å². The van der Waals surface area contributed by atoms with E-state index in [-0.39, 0.29) is 23.7 Å². The lowest BCUT2D eigenvalue weighted by molar-refractivity contribution is 0.313. The second-order valence-electron chi connectivity index (χ2n) is 6.62.